The second-order valence-corrected chi connectivity index (χ2v) is 10.7. The fraction of sp³-hybridized carbons (Fsp3) is 0.833. The molecule has 0 amide bonds. The second kappa shape index (κ2) is 7.86. The maximum atomic E-state index is 11.3. The average Bonchev–Trinajstić information content (AvgIpc) is 2.57. The van der Waals surface area contributed by atoms with Crippen LogP contribution in [0.5, 0.6) is 0 Å². The Morgan fingerprint density at radius 2 is 1.94 bits per heavy atom. The summed E-state index contributed by atoms with van der Waals surface area (Å²) in [5.74, 6) is -0.886. The van der Waals surface area contributed by atoms with E-state index in [2.05, 4.69) is 24.8 Å². The summed E-state index contributed by atoms with van der Waals surface area (Å²) in [6, 6.07) is 2.35. The van der Waals surface area contributed by atoms with Gasteiger partial charge in [0.2, 0.25) is 0 Å². The summed E-state index contributed by atoms with van der Waals surface area (Å²) in [6.07, 6.45) is 3.24. The smallest absolute Gasteiger partial charge is 0.317 e. The van der Waals surface area contributed by atoms with E-state index in [-0.39, 0.29) is 24.3 Å². The van der Waals surface area contributed by atoms with Gasteiger partial charge in [0.15, 0.2) is 18.1 Å². The maximum absolute atomic E-state index is 11.3. The lowest BCUT2D eigenvalue weighted by atomic mass is 10.0. The van der Waals surface area contributed by atoms with Crippen LogP contribution < -0.4 is 0 Å². The van der Waals surface area contributed by atoms with Crippen molar-refractivity contribution >= 4 is 30.0 Å². The third-order valence-corrected chi connectivity index (χ3v) is 9.61. The summed E-state index contributed by atoms with van der Waals surface area (Å²) in [4.78, 5) is 22.2. The number of ether oxygens (including phenoxy) is 1. The minimum atomic E-state index is -1.06. The number of hydrogen-bond donors (Lipinski definition) is 0. The molecule has 0 aromatic rings. The molecular formula is C12H24O4Si2. The van der Waals surface area contributed by atoms with Crippen molar-refractivity contribution < 1.29 is 18.4 Å². The summed E-state index contributed by atoms with van der Waals surface area (Å²) in [7, 11) is -2.00. The largest absolute Gasteiger partial charge is 0.460 e. The second-order valence-electron chi connectivity index (χ2n) is 5.17. The van der Waals surface area contributed by atoms with E-state index in [0.29, 0.717) is 0 Å². The third kappa shape index (κ3) is 5.45. The lowest BCUT2D eigenvalue weighted by Gasteiger charge is -2.17. The van der Waals surface area contributed by atoms with E-state index >= 15 is 0 Å². The Morgan fingerprint density at radius 1 is 1.28 bits per heavy atom. The van der Waals surface area contributed by atoms with Gasteiger partial charge in [-0.3, -0.25) is 9.59 Å². The Morgan fingerprint density at radius 3 is 2.50 bits per heavy atom. The van der Waals surface area contributed by atoms with Crippen LogP contribution in [0.3, 0.4) is 0 Å². The molecule has 104 valence electrons. The van der Waals surface area contributed by atoms with Gasteiger partial charge >= 0.3 is 11.9 Å². The molecule has 0 aliphatic carbocycles. The number of rotatable bonds is 8. The lowest BCUT2D eigenvalue weighted by Crippen LogP contribution is -2.24. The van der Waals surface area contributed by atoms with E-state index in [9.17, 15) is 9.59 Å². The number of carbonyl (C=O) groups is 2. The Balaban J connectivity index is 2.13. The van der Waals surface area contributed by atoms with Gasteiger partial charge in [0.05, 0.1) is 12.3 Å². The molecule has 1 aliphatic heterocycles. The van der Waals surface area contributed by atoms with Crippen LogP contribution >= 0.6 is 0 Å². The van der Waals surface area contributed by atoms with Crippen molar-refractivity contribution in [3.63, 3.8) is 0 Å². The van der Waals surface area contributed by atoms with Crippen LogP contribution in [0, 0.1) is 5.92 Å². The predicted octanol–water partition coefficient (Wildman–Crippen LogP) is 1.99. The van der Waals surface area contributed by atoms with Gasteiger partial charge in [-0.25, -0.2) is 0 Å². The summed E-state index contributed by atoms with van der Waals surface area (Å²) in [6.45, 7) is 6.69. The van der Waals surface area contributed by atoms with Crippen molar-refractivity contribution in [1.29, 1.82) is 0 Å². The molecule has 0 spiro atoms. The van der Waals surface area contributed by atoms with E-state index in [1.807, 2.05) is 0 Å². The molecule has 0 aromatic heterocycles. The maximum Gasteiger partial charge on any atom is 0.317 e. The molecule has 1 heterocycles. The average molecular weight is 288 g/mol. The van der Waals surface area contributed by atoms with Gasteiger partial charge in [-0.05, 0) is 31.6 Å². The van der Waals surface area contributed by atoms with Gasteiger partial charge in [-0.1, -0.05) is 19.8 Å². The summed E-state index contributed by atoms with van der Waals surface area (Å²) in [5, 5.41) is 0. The van der Waals surface area contributed by atoms with Gasteiger partial charge in [0.1, 0.15) is 0 Å². The molecule has 6 heteroatoms. The van der Waals surface area contributed by atoms with Crippen molar-refractivity contribution in [3.8, 4) is 0 Å². The van der Waals surface area contributed by atoms with Gasteiger partial charge in [-0.15, -0.1) is 0 Å². The molecule has 1 aliphatic rings. The molecule has 18 heavy (non-hydrogen) atoms. The normalized spacial score (nSPS) is 22.9. The molecule has 1 fully saturated rings. The number of cyclic esters (lactones) is 2. The molecule has 1 rings (SSSR count). The van der Waals surface area contributed by atoms with E-state index in [1.165, 1.54) is 12.5 Å². The molecule has 3 unspecified atom stereocenters. The monoisotopic (exact) mass is 288 g/mol. The van der Waals surface area contributed by atoms with Crippen molar-refractivity contribution in [2.24, 2.45) is 5.92 Å². The van der Waals surface area contributed by atoms with Crippen LogP contribution in [0.2, 0.25) is 25.2 Å². The Kier molecular flexibility index (Phi) is 6.81. The topological polar surface area (TPSA) is 52.6 Å². The molecule has 3 atom stereocenters. The molecular weight excluding hydrogens is 264 g/mol. The first-order valence-corrected chi connectivity index (χ1v) is 11.8. The van der Waals surface area contributed by atoms with Crippen LogP contribution in [-0.2, 0) is 18.4 Å². The fourth-order valence-corrected chi connectivity index (χ4v) is 8.22. The first kappa shape index (κ1) is 15.6. The van der Waals surface area contributed by atoms with Crippen LogP contribution in [0.1, 0.15) is 32.6 Å². The predicted molar refractivity (Wildman–Crippen MR) is 75.5 cm³/mol. The number of esters is 2. The molecule has 0 aromatic carbocycles. The highest BCUT2D eigenvalue weighted by Gasteiger charge is 2.32. The number of carbonyl (C=O) groups excluding carboxylic acids is 2. The molecule has 4 nitrogen and oxygen atoms in total. The van der Waals surface area contributed by atoms with Gasteiger partial charge < -0.3 is 8.85 Å². The summed E-state index contributed by atoms with van der Waals surface area (Å²) in [5.41, 5.74) is 0. The van der Waals surface area contributed by atoms with E-state index in [4.69, 9.17) is 4.12 Å². The molecule has 0 saturated carbocycles. The van der Waals surface area contributed by atoms with Gasteiger partial charge in [0, 0.05) is 0 Å². The zero-order valence-corrected chi connectivity index (χ0v) is 13.9. The highest BCUT2D eigenvalue weighted by molar-refractivity contribution is 6.64. The zero-order valence-electron chi connectivity index (χ0n) is 11.6. The minimum absolute atomic E-state index is 0.191. The molecule has 1 saturated heterocycles. The van der Waals surface area contributed by atoms with Crippen LogP contribution in [-0.4, -0.2) is 30.0 Å². The molecule has 0 bridgehead atoms. The molecule has 0 radical (unpaired) electrons. The third-order valence-electron chi connectivity index (χ3n) is 3.28. The number of hydrogen-bond acceptors (Lipinski definition) is 4. The van der Waals surface area contributed by atoms with Crippen LogP contribution in [0.15, 0.2) is 0 Å². The summed E-state index contributed by atoms with van der Waals surface area (Å²) < 4.78 is 10.6. The van der Waals surface area contributed by atoms with Crippen LogP contribution in [0.4, 0.5) is 0 Å². The molecule has 0 N–H and O–H groups in total. The first-order chi connectivity index (χ1) is 8.52. The lowest BCUT2D eigenvalue weighted by molar-refractivity contribution is -0.153. The standard InChI is InChI=1S/C12H24O4Si2/c1-4-7-17(2)16-18(3)8-5-6-10-9-11(13)15-12(10)14/h10,17-18H,4-9H2,1-3H3. The van der Waals surface area contributed by atoms with Crippen molar-refractivity contribution in [2.75, 3.05) is 0 Å². The van der Waals surface area contributed by atoms with Crippen molar-refractivity contribution in [1.82, 2.24) is 0 Å². The van der Waals surface area contributed by atoms with E-state index in [1.54, 1.807) is 0 Å². The quantitative estimate of drug-likeness (QED) is 0.389. The zero-order chi connectivity index (χ0) is 13.5. The minimum Gasteiger partial charge on any atom is -0.460 e. The van der Waals surface area contributed by atoms with Crippen molar-refractivity contribution in [2.45, 2.75) is 57.8 Å². The van der Waals surface area contributed by atoms with E-state index in [0.717, 1.165) is 18.9 Å². The van der Waals surface area contributed by atoms with Crippen LogP contribution in [0.25, 0.3) is 0 Å². The Labute approximate surface area is 112 Å². The van der Waals surface area contributed by atoms with Crippen molar-refractivity contribution in [3.05, 3.63) is 0 Å². The van der Waals surface area contributed by atoms with E-state index < -0.39 is 18.1 Å². The summed E-state index contributed by atoms with van der Waals surface area (Å²) >= 11 is 0. The highest BCUT2D eigenvalue weighted by atomic mass is 28.4. The Bertz CT molecular complexity index is 296. The fourth-order valence-electron chi connectivity index (χ4n) is 2.33. The SMILES string of the molecule is CCC[SiH](C)O[SiH](C)CCCC1CC(=O)OC1=O. The highest BCUT2D eigenvalue weighted by Crippen LogP contribution is 2.22. The van der Waals surface area contributed by atoms with Gasteiger partial charge in [0.25, 0.3) is 0 Å². The Hall–Kier alpha value is -0.466. The van der Waals surface area contributed by atoms with Gasteiger partial charge in [-0.2, -0.15) is 0 Å². The first-order valence-electron chi connectivity index (χ1n) is 6.92.